The van der Waals surface area contributed by atoms with Crippen LogP contribution in [0.3, 0.4) is 0 Å². The van der Waals surface area contributed by atoms with Crippen LogP contribution in [0.2, 0.25) is 0 Å². The Kier molecular flexibility index (Phi) is 4.97. The number of nitrogens with zero attached hydrogens (tertiary/aromatic N) is 1. The number of sulfone groups is 1. The van der Waals surface area contributed by atoms with Crippen LogP contribution in [0.4, 0.5) is 4.39 Å². The van der Waals surface area contributed by atoms with Crippen LogP contribution in [-0.4, -0.2) is 32.7 Å². The summed E-state index contributed by atoms with van der Waals surface area (Å²) in [6.07, 6.45) is 2.46. The third kappa shape index (κ3) is 3.83. The Labute approximate surface area is 156 Å². The Morgan fingerprint density at radius 1 is 1.19 bits per heavy atom. The number of benzene rings is 2. The van der Waals surface area contributed by atoms with E-state index in [2.05, 4.69) is 4.98 Å². The number of pyridine rings is 1. The highest BCUT2D eigenvalue weighted by Gasteiger charge is 2.17. The monoisotopic (exact) mass is 387 g/mol. The van der Waals surface area contributed by atoms with Gasteiger partial charge in [-0.05, 0) is 53.1 Å². The second-order valence-electron chi connectivity index (χ2n) is 6.31. The lowest BCUT2D eigenvalue weighted by atomic mass is 9.91. The molecule has 3 rings (SSSR count). The molecule has 0 unspecified atom stereocenters. The predicted molar refractivity (Wildman–Crippen MR) is 101 cm³/mol. The van der Waals surface area contributed by atoms with Gasteiger partial charge in [0.25, 0.3) is 0 Å². The van der Waals surface area contributed by atoms with E-state index in [-0.39, 0.29) is 17.3 Å². The van der Waals surface area contributed by atoms with Gasteiger partial charge >= 0.3 is 5.97 Å². The SMILES string of the molecule is COC(=O)Cc1cc2ccc(F)cc2c(-c2ccc(S(C)(=O)=O)cn2)c1C. The number of carbonyl (C=O) groups excluding carboxylic acids is 1. The predicted octanol–water partition coefficient (Wildman–Crippen LogP) is 3.47. The van der Waals surface area contributed by atoms with E-state index in [0.717, 1.165) is 22.8 Å². The quantitative estimate of drug-likeness (QED) is 0.641. The molecule has 0 aliphatic carbocycles. The molecule has 0 saturated carbocycles. The van der Waals surface area contributed by atoms with E-state index in [1.165, 1.54) is 31.5 Å². The number of carbonyl (C=O) groups is 1. The lowest BCUT2D eigenvalue weighted by Crippen LogP contribution is -2.07. The minimum atomic E-state index is -3.37. The van der Waals surface area contributed by atoms with Gasteiger partial charge in [-0.3, -0.25) is 9.78 Å². The summed E-state index contributed by atoms with van der Waals surface area (Å²) in [4.78, 5) is 16.1. The normalized spacial score (nSPS) is 11.6. The molecule has 2 aromatic carbocycles. The molecule has 0 bridgehead atoms. The molecule has 0 atom stereocenters. The van der Waals surface area contributed by atoms with Gasteiger partial charge in [0.2, 0.25) is 0 Å². The highest BCUT2D eigenvalue weighted by molar-refractivity contribution is 7.90. The highest BCUT2D eigenvalue weighted by Crippen LogP contribution is 2.34. The van der Waals surface area contributed by atoms with Crippen molar-refractivity contribution in [3.05, 3.63) is 59.5 Å². The van der Waals surface area contributed by atoms with Crippen LogP contribution in [-0.2, 0) is 25.8 Å². The smallest absolute Gasteiger partial charge is 0.309 e. The van der Waals surface area contributed by atoms with Crippen LogP contribution in [0.25, 0.3) is 22.0 Å². The molecule has 7 heteroatoms. The Balaban J connectivity index is 2.27. The van der Waals surface area contributed by atoms with E-state index in [1.807, 2.05) is 13.0 Å². The fourth-order valence-electron chi connectivity index (χ4n) is 3.02. The van der Waals surface area contributed by atoms with Crippen molar-refractivity contribution in [2.24, 2.45) is 0 Å². The summed E-state index contributed by atoms with van der Waals surface area (Å²) >= 11 is 0. The maximum Gasteiger partial charge on any atom is 0.309 e. The van der Waals surface area contributed by atoms with E-state index in [9.17, 15) is 17.6 Å². The zero-order valence-corrected chi connectivity index (χ0v) is 15.9. The van der Waals surface area contributed by atoms with Crippen molar-refractivity contribution in [3.8, 4) is 11.3 Å². The fourth-order valence-corrected chi connectivity index (χ4v) is 3.58. The largest absolute Gasteiger partial charge is 0.469 e. The summed E-state index contributed by atoms with van der Waals surface area (Å²) in [5, 5.41) is 1.39. The molecule has 0 N–H and O–H groups in total. The molecular weight excluding hydrogens is 369 g/mol. The lowest BCUT2D eigenvalue weighted by molar-refractivity contribution is -0.139. The first-order valence-corrected chi connectivity index (χ1v) is 10.0. The van der Waals surface area contributed by atoms with Crippen molar-refractivity contribution < 1.29 is 22.3 Å². The molecular formula is C20H18FNO4S. The fraction of sp³-hybridized carbons (Fsp3) is 0.200. The van der Waals surface area contributed by atoms with E-state index in [0.29, 0.717) is 16.6 Å². The van der Waals surface area contributed by atoms with Crippen LogP contribution in [0, 0.1) is 12.7 Å². The van der Waals surface area contributed by atoms with Crippen molar-refractivity contribution in [1.82, 2.24) is 4.98 Å². The second-order valence-corrected chi connectivity index (χ2v) is 8.32. The van der Waals surface area contributed by atoms with Crippen LogP contribution in [0.1, 0.15) is 11.1 Å². The van der Waals surface area contributed by atoms with E-state index in [1.54, 1.807) is 12.1 Å². The van der Waals surface area contributed by atoms with Gasteiger partial charge in [-0.1, -0.05) is 12.1 Å². The number of methoxy groups -OCH3 is 1. The minimum absolute atomic E-state index is 0.0735. The van der Waals surface area contributed by atoms with Gasteiger partial charge in [-0.25, -0.2) is 12.8 Å². The number of rotatable bonds is 4. The highest BCUT2D eigenvalue weighted by atomic mass is 32.2. The van der Waals surface area contributed by atoms with Crippen molar-refractivity contribution in [2.75, 3.05) is 13.4 Å². The Bertz CT molecular complexity index is 1140. The minimum Gasteiger partial charge on any atom is -0.469 e. The Hall–Kier alpha value is -2.80. The van der Waals surface area contributed by atoms with Crippen LogP contribution in [0.5, 0.6) is 0 Å². The Morgan fingerprint density at radius 2 is 1.93 bits per heavy atom. The first-order valence-electron chi connectivity index (χ1n) is 8.15. The van der Waals surface area contributed by atoms with E-state index >= 15 is 0 Å². The van der Waals surface area contributed by atoms with Crippen molar-refractivity contribution >= 4 is 26.6 Å². The molecule has 0 spiro atoms. The maximum absolute atomic E-state index is 13.9. The van der Waals surface area contributed by atoms with Crippen LogP contribution < -0.4 is 0 Å². The summed E-state index contributed by atoms with van der Waals surface area (Å²) in [6.45, 7) is 1.82. The number of esters is 1. The molecule has 3 aromatic rings. The number of hydrogen-bond acceptors (Lipinski definition) is 5. The first-order chi connectivity index (χ1) is 12.7. The van der Waals surface area contributed by atoms with Gasteiger partial charge in [0.1, 0.15) is 5.82 Å². The van der Waals surface area contributed by atoms with E-state index in [4.69, 9.17) is 4.74 Å². The molecule has 1 aromatic heterocycles. The van der Waals surface area contributed by atoms with Crippen LogP contribution >= 0.6 is 0 Å². The molecule has 140 valence electrons. The van der Waals surface area contributed by atoms with Gasteiger partial charge in [0, 0.05) is 18.0 Å². The number of fused-ring (bicyclic) bond motifs is 1. The standard InChI is InChI=1S/C20H18FNO4S/c1-12-14(9-19(23)26-2)8-13-4-5-15(21)10-17(13)20(12)18-7-6-16(11-22-18)27(3,24)25/h4-8,10-11H,9H2,1-3H3. The first kappa shape index (κ1) is 19.0. The molecule has 0 radical (unpaired) electrons. The van der Waals surface area contributed by atoms with E-state index < -0.39 is 15.7 Å². The van der Waals surface area contributed by atoms with Crippen molar-refractivity contribution in [3.63, 3.8) is 0 Å². The zero-order chi connectivity index (χ0) is 19.8. The Morgan fingerprint density at radius 3 is 2.52 bits per heavy atom. The average molecular weight is 387 g/mol. The van der Waals surface area contributed by atoms with Crippen LogP contribution in [0.15, 0.2) is 47.5 Å². The van der Waals surface area contributed by atoms with Crippen molar-refractivity contribution in [1.29, 1.82) is 0 Å². The summed E-state index contributed by atoms with van der Waals surface area (Å²) in [5.41, 5.74) is 2.66. The molecule has 27 heavy (non-hydrogen) atoms. The summed E-state index contributed by atoms with van der Waals surface area (Å²) in [6, 6.07) is 9.28. The third-order valence-corrected chi connectivity index (χ3v) is 5.55. The molecule has 1 heterocycles. The molecule has 0 saturated heterocycles. The molecule has 0 aliphatic heterocycles. The molecule has 0 amide bonds. The van der Waals surface area contributed by atoms with Crippen molar-refractivity contribution in [2.45, 2.75) is 18.2 Å². The molecule has 0 aliphatic rings. The third-order valence-electron chi connectivity index (χ3n) is 4.45. The van der Waals surface area contributed by atoms with Gasteiger partial charge in [-0.15, -0.1) is 0 Å². The van der Waals surface area contributed by atoms with Gasteiger partial charge in [0.15, 0.2) is 9.84 Å². The second kappa shape index (κ2) is 7.08. The number of hydrogen-bond donors (Lipinski definition) is 0. The van der Waals surface area contributed by atoms with Gasteiger partial charge in [0.05, 0.1) is 24.1 Å². The summed E-state index contributed by atoms with van der Waals surface area (Å²) in [7, 11) is -2.05. The van der Waals surface area contributed by atoms with Gasteiger partial charge < -0.3 is 4.74 Å². The molecule has 0 fully saturated rings. The number of ether oxygens (including phenoxy) is 1. The summed E-state index contributed by atoms with van der Waals surface area (Å²) < 4.78 is 42.0. The molecule has 5 nitrogen and oxygen atoms in total. The number of halogens is 1. The topological polar surface area (TPSA) is 73.3 Å². The number of aromatic nitrogens is 1. The maximum atomic E-state index is 13.9. The lowest BCUT2D eigenvalue weighted by Gasteiger charge is -2.15. The zero-order valence-electron chi connectivity index (χ0n) is 15.1. The summed E-state index contributed by atoms with van der Waals surface area (Å²) in [5.74, 6) is -0.775. The van der Waals surface area contributed by atoms with Gasteiger partial charge in [-0.2, -0.15) is 0 Å². The average Bonchev–Trinajstić information content (AvgIpc) is 2.62.